The lowest BCUT2D eigenvalue weighted by Crippen LogP contribution is -2.40. The number of hydrogen-bond donors (Lipinski definition) is 1. The van der Waals surface area contributed by atoms with Crippen LogP contribution in [0.2, 0.25) is 0 Å². The topological polar surface area (TPSA) is 57.6 Å². The molecule has 0 saturated carbocycles. The summed E-state index contributed by atoms with van der Waals surface area (Å²) in [6.45, 7) is 2.25. The molecular weight excluding hydrogens is 242 g/mol. The third-order valence-corrected chi connectivity index (χ3v) is 3.32. The minimum absolute atomic E-state index is 0.186. The molecule has 0 aromatic heterocycles. The highest BCUT2D eigenvalue weighted by Crippen LogP contribution is 2.20. The summed E-state index contributed by atoms with van der Waals surface area (Å²) in [5, 5.41) is 9.09. The van der Waals surface area contributed by atoms with E-state index in [0.29, 0.717) is 18.5 Å². The summed E-state index contributed by atoms with van der Waals surface area (Å²) < 4.78 is 0. The summed E-state index contributed by atoms with van der Waals surface area (Å²) in [5.41, 5.74) is 1.51. The van der Waals surface area contributed by atoms with Crippen LogP contribution >= 0.6 is 0 Å². The predicted octanol–water partition coefficient (Wildman–Crippen LogP) is 2.17. The van der Waals surface area contributed by atoms with Crippen LogP contribution in [0, 0.1) is 0 Å². The molecule has 0 aliphatic carbocycles. The predicted molar refractivity (Wildman–Crippen MR) is 72.5 cm³/mol. The first-order valence-corrected chi connectivity index (χ1v) is 6.36. The van der Waals surface area contributed by atoms with Gasteiger partial charge in [-0.15, -0.1) is 0 Å². The van der Waals surface area contributed by atoms with Gasteiger partial charge in [0.25, 0.3) is 0 Å². The van der Waals surface area contributed by atoms with E-state index >= 15 is 0 Å². The van der Waals surface area contributed by atoms with Crippen LogP contribution in [0.25, 0.3) is 6.08 Å². The Morgan fingerprint density at radius 1 is 1.32 bits per heavy atom. The van der Waals surface area contributed by atoms with Crippen molar-refractivity contribution in [1.29, 1.82) is 0 Å². The van der Waals surface area contributed by atoms with Gasteiger partial charge in [0.2, 0.25) is 5.91 Å². The average Bonchev–Trinajstić information content (AvgIpc) is 2.88. The molecule has 1 aromatic carbocycles. The molecule has 1 N–H and O–H groups in total. The first kappa shape index (κ1) is 13.3. The van der Waals surface area contributed by atoms with Gasteiger partial charge in [0.05, 0.1) is 0 Å². The standard InChI is InChI=1S/C15H17NO3/c1-11(10-12-6-3-2-4-7-12)14(17)16-9-5-8-13(16)15(18)19/h2-4,6-7,10,13H,5,8-9H2,1H3,(H,18,19)/b11-10+. The van der Waals surface area contributed by atoms with E-state index < -0.39 is 12.0 Å². The number of carbonyl (C=O) groups is 2. The summed E-state index contributed by atoms with van der Waals surface area (Å²) in [6.07, 6.45) is 3.08. The highest BCUT2D eigenvalue weighted by atomic mass is 16.4. The highest BCUT2D eigenvalue weighted by molar-refractivity contribution is 5.99. The average molecular weight is 259 g/mol. The molecule has 0 radical (unpaired) electrons. The van der Waals surface area contributed by atoms with Crippen molar-refractivity contribution in [2.24, 2.45) is 0 Å². The van der Waals surface area contributed by atoms with Crippen LogP contribution in [0.1, 0.15) is 25.3 Å². The first-order chi connectivity index (χ1) is 9.09. The Labute approximate surface area is 112 Å². The van der Waals surface area contributed by atoms with Gasteiger partial charge in [0.1, 0.15) is 6.04 Å². The van der Waals surface area contributed by atoms with Crippen molar-refractivity contribution in [2.45, 2.75) is 25.8 Å². The molecule has 1 aliphatic heterocycles. The Kier molecular flexibility index (Phi) is 4.00. The SMILES string of the molecule is C/C(=C\c1ccccc1)C(=O)N1CCCC1C(=O)O. The molecule has 4 heteroatoms. The Bertz CT molecular complexity index is 507. The van der Waals surface area contributed by atoms with Gasteiger partial charge in [-0.3, -0.25) is 4.79 Å². The number of likely N-dealkylation sites (tertiary alicyclic amines) is 1. The lowest BCUT2D eigenvalue weighted by Gasteiger charge is -2.21. The van der Waals surface area contributed by atoms with Crippen molar-refractivity contribution in [3.63, 3.8) is 0 Å². The van der Waals surface area contributed by atoms with Gasteiger partial charge in [-0.05, 0) is 31.4 Å². The van der Waals surface area contributed by atoms with Gasteiger partial charge in [0, 0.05) is 12.1 Å². The molecule has 0 spiro atoms. The van der Waals surface area contributed by atoms with Crippen molar-refractivity contribution >= 4 is 18.0 Å². The third-order valence-electron chi connectivity index (χ3n) is 3.32. The van der Waals surface area contributed by atoms with Crippen molar-refractivity contribution < 1.29 is 14.7 Å². The fraction of sp³-hybridized carbons (Fsp3) is 0.333. The van der Waals surface area contributed by atoms with E-state index in [-0.39, 0.29) is 5.91 Å². The maximum atomic E-state index is 12.3. The summed E-state index contributed by atoms with van der Waals surface area (Å²) in [4.78, 5) is 24.8. The number of nitrogens with zero attached hydrogens (tertiary/aromatic N) is 1. The lowest BCUT2D eigenvalue weighted by atomic mass is 10.1. The summed E-state index contributed by atoms with van der Waals surface area (Å²) >= 11 is 0. The number of hydrogen-bond acceptors (Lipinski definition) is 2. The van der Waals surface area contributed by atoms with Gasteiger partial charge in [-0.2, -0.15) is 0 Å². The molecule has 1 heterocycles. The third kappa shape index (κ3) is 3.02. The van der Waals surface area contributed by atoms with Crippen LogP contribution in [0.4, 0.5) is 0 Å². The van der Waals surface area contributed by atoms with Crippen LogP contribution in [0.15, 0.2) is 35.9 Å². The molecular formula is C15H17NO3. The molecule has 1 fully saturated rings. The Morgan fingerprint density at radius 2 is 2.00 bits per heavy atom. The van der Waals surface area contributed by atoms with Crippen molar-refractivity contribution in [3.8, 4) is 0 Å². The summed E-state index contributed by atoms with van der Waals surface area (Å²) in [6, 6.07) is 8.87. The number of aliphatic carboxylic acids is 1. The number of carboxylic acid groups (broad SMARTS) is 1. The zero-order valence-electron chi connectivity index (χ0n) is 10.9. The monoisotopic (exact) mass is 259 g/mol. The minimum Gasteiger partial charge on any atom is -0.480 e. The quantitative estimate of drug-likeness (QED) is 0.846. The van der Waals surface area contributed by atoms with E-state index in [1.807, 2.05) is 30.3 Å². The lowest BCUT2D eigenvalue weighted by molar-refractivity contribution is -0.146. The number of amides is 1. The molecule has 1 amide bonds. The van der Waals surface area contributed by atoms with Gasteiger partial charge in [-0.1, -0.05) is 30.3 Å². The molecule has 1 atom stereocenters. The van der Waals surface area contributed by atoms with Gasteiger partial charge in [0.15, 0.2) is 0 Å². The highest BCUT2D eigenvalue weighted by Gasteiger charge is 2.34. The minimum atomic E-state index is -0.918. The molecule has 1 aliphatic rings. The fourth-order valence-corrected chi connectivity index (χ4v) is 2.35. The molecule has 4 nitrogen and oxygen atoms in total. The Balaban J connectivity index is 2.15. The van der Waals surface area contributed by atoms with E-state index in [2.05, 4.69) is 0 Å². The zero-order chi connectivity index (χ0) is 13.8. The maximum Gasteiger partial charge on any atom is 0.326 e. The van der Waals surface area contributed by atoms with E-state index in [4.69, 9.17) is 5.11 Å². The second-order valence-electron chi connectivity index (χ2n) is 4.73. The van der Waals surface area contributed by atoms with E-state index in [9.17, 15) is 9.59 Å². The number of benzene rings is 1. The molecule has 19 heavy (non-hydrogen) atoms. The smallest absolute Gasteiger partial charge is 0.326 e. The second kappa shape index (κ2) is 5.69. The Hall–Kier alpha value is -2.10. The maximum absolute atomic E-state index is 12.3. The number of carbonyl (C=O) groups excluding carboxylic acids is 1. The van der Waals surface area contributed by atoms with Crippen molar-refractivity contribution in [3.05, 3.63) is 41.5 Å². The van der Waals surface area contributed by atoms with Gasteiger partial charge < -0.3 is 10.0 Å². The summed E-state index contributed by atoms with van der Waals surface area (Å²) in [7, 11) is 0. The number of carboxylic acids is 1. The van der Waals surface area contributed by atoms with Crippen molar-refractivity contribution in [2.75, 3.05) is 6.54 Å². The van der Waals surface area contributed by atoms with Crippen LogP contribution in [-0.2, 0) is 9.59 Å². The van der Waals surface area contributed by atoms with E-state index in [1.54, 1.807) is 13.0 Å². The van der Waals surface area contributed by atoms with E-state index in [1.165, 1.54) is 4.90 Å². The normalized spacial score (nSPS) is 19.5. The first-order valence-electron chi connectivity index (χ1n) is 6.36. The van der Waals surface area contributed by atoms with Crippen LogP contribution in [0.5, 0.6) is 0 Å². The molecule has 2 rings (SSSR count). The van der Waals surface area contributed by atoms with Crippen LogP contribution < -0.4 is 0 Å². The van der Waals surface area contributed by atoms with Gasteiger partial charge >= 0.3 is 5.97 Å². The van der Waals surface area contributed by atoms with Crippen molar-refractivity contribution in [1.82, 2.24) is 4.90 Å². The van der Waals surface area contributed by atoms with Crippen LogP contribution in [0.3, 0.4) is 0 Å². The van der Waals surface area contributed by atoms with Gasteiger partial charge in [-0.25, -0.2) is 4.79 Å². The zero-order valence-corrected chi connectivity index (χ0v) is 10.9. The molecule has 1 saturated heterocycles. The molecule has 1 unspecified atom stereocenters. The molecule has 100 valence electrons. The fourth-order valence-electron chi connectivity index (χ4n) is 2.35. The molecule has 1 aromatic rings. The second-order valence-corrected chi connectivity index (χ2v) is 4.73. The van der Waals surface area contributed by atoms with E-state index in [0.717, 1.165) is 12.0 Å². The largest absolute Gasteiger partial charge is 0.480 e. The Morgan fingerprint density at radius 3 is 2.63 bits per heavy atom. The number of rotatable bonds is 3. The summed E-state index contributed by atoms with van der Waals surface area (Å²) in [5.74, 6) is -1.10. The van der Waals surface area contributed by atoms with Crippen LogP contribution in [-0.4, -0.2) is 34.5 Å². The molecule has 0 bridgehead atoms.